The molecule has 1 aliphatic rings. The molecule has 19 heavy (non-hydrogen) atoms. The van der Waals surface area contributed by atoms with Gasteiger partial charge in [0.25, 0.3) is 5.91 Å². The lowest BCUT2D eigenvalue weighted by atomic mass is 10.3. The number of hydrogen-bond donors (Lipinski definition) is 1. The summed E-state index contributed by atoms with van der Waals surface area (Å²) in [7, 11) is 0. The molecule has 1 aromatic rings. The second-order valence-corrected chi connectivity index (χ2v) is 6.08. The number of hydrogen-bond acceptors (Lipinski definition) is 5. The second-order valence-electron chi connectivity index (χ2n) is 3.62. The van der Waals surface area contributed by atoms with Crippen LogP contribution in [0.5, 0.6) is 0 Å². The van der Waals surface area contributed by atoms with Crippen molar-refractivity contribution in [3.63, 3.8) is 0 Å². The molecule has 0 spiro atoms. The van der Waals surface area contributed by atoms with Gasteiger partial charge in [0.05, 0.1) is 11.3 Å². The van der Waals surface area contributed by atoms with E-state index in [2.05, 4.69) is 15.9 Å². The van der Waals surface area contributed by atoms with E-state index >= 15 is 0 Å². The van der Waals surface area contributed by atoms with Gasteiger partial charge in [-0.05, 0) is 28.1 Å². The number of thiocarbonyl (C=S) groups is 1. The van der Waals surface area contributed by atoms with E-state index in [-0.39, 0.29) is 18.9 Å². The van der Waals surface area contributed by atoms with Gasteiger partial charge in [-0.2, -0.15) is 0 Å². The molecule has 0 unspecified atom stereocenters. The third-order valence-corrected chi connectivity index (χ3v) is 4.09. The number of aliphatic carboxylic acids is 1. The normalized spacial score (nSPS) is 17.5. The minimum Gasteiger partial charge on any atom is -0.481 e. The predicted molar refractivity (Wildman–Crippen MR) is 78.5 cm³/mol. The SMILES string of the molecule is O=C(O)CCN1C(=O)/C(=C/c2ccc(Br)o2)SC1=S. The topological polar surface area (TPSA) is 70.8 Å². The fourth-order valence-electron chi connectivity index (χ4n) is 1.44. The molecule has 0 aliphatic carbocycles. The molecule has 0 saturated carbocycles. The standard InChI is InChI=1S/C11H8BrNO4S2/c12-8-2-1-6(17-8)5-7-10(16)13(11(18)19-7)4-3-9(14)15/h1-2,5H,3-4H2,(H,14,15)/b7-5-. The van der Waals surface area contributed by atoms with E-state index < -0.39 is 5.97 Å². The lowest BCUT2D eigenvalue weighted by Crippen LogP contribution is -2.30. The van der Waals surface area contributed by atoms with Gasteiger partial charge in [0, 0.05) is 12.6 Å². The van der Waals surface area contributed by atoms with Crippen LogP contribution in [0.2, 0.25) is 0 Å². The summed E-state index contributed by atoms with van der Waals surface area (Å²) in [5, 5.41) is 8.63. The van der Waals surface area contributed by atoms with Gasteiger partial charge < -0.3 is 9.52 Å². The molecule has 1 amide bonds. The van der Waals surface area contributed by atoms with E-state index in [1.54, 1.807) is 18.2 Å². The zero-order valence-electron chi connectivity index (χ0n) is 9.46. The molecule has 1 saturated heterocycles. The Bertz CT molecular complexity index is 581. The first-order chi connectivity index (χ1) is 8.97. The number of thioether (sulfide) groups is 1. The number of amides is 1. The molecule has 0 aromatic carbocycles. The summed E-state index contributed by atoms with van der Waals surface area (Å²) in [6.07, 6.45) is 1.46. The largest absolute Gasteiger partial charge is 0.481 e. The Labute approximate surface area is 126 Å². The van der Waals surface area contributed by atoms with Crippen LogP contribution in [0.3, 0.4) is 0 Å². The highest BCUT2D eigenvalue weighted by Crippen LogP contribution is 2.33. The van der Waals surface area contributed by atoms with Gasteiger partial charge in [0.2, 0.25) is 0 Å². The van der Waals surface area contributed by atoms with E-state index in [4.69, 9.17) is 21.7 Å². The first-order valence-electron chi connectivity index (χ1n) is 5.20. The lowest BCUT2D eigenvalue weighted by molar-refractivity contribution is -0.137. The van der Waals surface area contributed by atoms with Gasteiger partial charge in [0.15, 0.2) is 4.67 Å². The Morgan fingerprint density at radius 3 is 2.89 bits per heavy atom. The summed E-state index contributed by atoms with van der Waals surface area (Å²) in [6.45, 7) is 0.0825. The first kappa shape index (κ1) is 14.3. The number of halogens is 1. The van der Waals surface area contributed by atoms with Crippen molar-refractivity contribution in [2.75, 3.05) is 6.54 Å². The molecule has 1 aromatic heterocycles. The van der Waals surface area contributed by atoms with Crippen molar-refractivity contribution in [3.05, 3.63) is 27.5 Å². The first-order valence-corrected chi connectivity index (χ1v) is 7.21. The monoisotopic (exact) mass is 361 g/mol. The minimum absolute atomic E-state index is 0.0825. The maximum absolute atomic E-state index is 12.0. The molecule has 2 rings (SSSR count). The predicted octanol–water partition coefficient (Wildman–Crippen LogP) is 2.72. The van der Waals surface area contributed by atoms with E-state index in [1.807, 2.05) is 0 Å². The molecule has 1 aliphatic heterocycles. The summed E-state index contributed by atoms with van der Waals surface area (Å²) in [5.74, 6) is -0.720. The maximum atomic E-state index is 12.0. The Hall–Kier alpha value is -1.12. The number of carbonyl (C=O) groups excluding carboxylic acids is 1. The summed E-state index contributed by atoms with van der Waals surface area (Å²) >= 11 is 9.37. The van der Waals surface area contributed by atoms with Crippen LogP contribution >= 0.6 is 39.9 Å². The number of furan rings is 1. The molecule has 1 fully saturated rings. The van der Waals surface area contributed by atoms with Crippen molar-refractivity contribution >= 4 is 62.2 Å². The van der Waals surface area contributed by atoms with E-state index in [9.17, 15) is 9.59 Å². The van der Waals surface area contributed by atoms with Crippen molar-refractivity contribution in [3.8, 4) is 0 Å². The summed E-state index contributed by atoms with van der Waals surface area (Å²) in [4.78, 5) is 24.3. The number of carboxylic acids is 1. The van der Waals surface area contributed by atoms with Crippen molar-refractivity contribution in [1.82, 2.24) is 4.90 Å². The number of carbonyl (C=O) groups is 2. The Balaban J connectivity index is 2.13. The quantitative estimate of drug-likeness (QED) is 0.656. The van der Waals surface area contributed by atoms with Crippen molar-refractivity contribution in [2.24, 2.45) is 0 Å². The van der Waals surface area contributed by atoms with Gasteiger partial charge in [-0.25, -0.2) is 0 Å². The fourth-order valence-corrected chi connectivity index (χ4v) is 3.04. The number of nitrogens with zero attached hydrogens (tertiary/aromatic N) is 1. The van der Waals surface area contributed by atoms with E-state index in [0.29, 0.717) is 19.7 Å². The van der Waals surface area contributed by atoms with Crippen LogP contribution in [0.15, 0.2) is 26.1 Å². The van der Waals surface area contributed by atoms with Gasteiger partial charge in [-0.15, -0.1) is 0 Å². The maximum Gasteiger partial charge on any atom is 0.305 e. The molecule has 0 bridgehead atoms. The van der Waals surface area contributed by atoms with Gasteiger partial charge >= 0.3 is 5.97 Å². The highest BCUT2D eigenvalue weighted by atomic mass is 79.9. The molecule has 0 atom stereocenters. The Kier molecular flexibility index (Phi) is 4.43. The van der Waals surface area contributed by atoms with Crippen LogP contribution < -0.4 is 0 Å². The average molecular weight is 362 g/mol. The molecule has 8 heteroatoms. The highest BCUT2D eigenvalue weighted by molar-refractivity contribution is 9.10. The van der Waals surface area contributed by atoms with Crippen LogP contribution in [0, 0.1) is 0 Å². The second kappa shape index (κ2) is 5.89. The lowest BCUT2D eigenvalue weighted by Gasteiger charge is -2.12. The highest BCUT2D eigenvalue weighted by Gasteiger charge is 2.32. The third-order valence-electron chi connectivity index (χ3n) is 2.29. The Morgan fingerprint density at radius 1 is 1.58 bits per heavy atom. The van der Waals surface area contributed by atoms with Crippen molar-refractivity contribution in [2.45, 2.75) is 6.42 Å². The van der Waals surface area contributed by atoms with Crippen molar-refractivity contribution in [1.29, 1.82) is 0 Å². The fraction of sp³-hybridized carbons (Fsp3) is 0.182. The van der Waals surface area contributed by atoms with Gasteiger partial charge in [-0.3, -0.25) is 14.5 Å². The summed E-state index contributed by atoms with van der Waals surface area (Å²) in [6, 6.07) is 3.44. The summed E-state index contributed by atoms with van der Waals surface area (Å²) < 4.78 is 6.21. The zero-order valence-corrected chi connectivity index (χ0v) is 12.7. The van der Waals surface area contributed by atoms with Crippen molar-refractivity contribution < 1.29 is 19.1 Å². The molecule has 2 heterocycles. The molecular weight excluding hydrogens is 354 g/mol. The molecule has 1 N–H and O–H groups in total. The smallest absolute Gasteiger partial charge is 0.305 e. The number of rotatable bonds is 4. The van der Waals surface area contributed by atoms with Crippen LogP contribution in [-0.4, -0.2) is 32.7 Å². The molecular formula is C11H8BrNO4S2. The zero-order chi connectivity index (χ0) is 14.0. The molecule has 5 nitrogen and oxygen atoms in total. The average Bonchev–Trinajstić information content (AvgIpc) is 2.83. The van der Waals surface area contributed by atoms with Gasteiger partial charge in [0.1, 0.15) is 10.1 Å². The van der Waals surface area contributed by atoms with E-state index in [1.165, 1.54) is 4.90 Å². The van der Waals surface area contributed by atoms with Crippen LogP contribution in [0.25, 0.3) is 6.08 Å². The third kappa shape index (κ3) is 3.46. The Morgan fingerprint density at radius 2 is 2.32 bits per heavy atom. The van der Waals surface area contributed by atoms with Crippen LogP contribution in [0.4, 0.5) is 0 Å². The molecule has 0 radical (unpaired) electrons. The molecule has 100 valence electrons. The van der Waals surface area contributed by atoms with Crippen LogP contribution in [0.1, 0.15) is 12.2 Å². The minimum atomic E-state index is -0.965. The summed E-state index contributed by atoms with van der Waals surface area (Å²) in [5.41, 5.74) is 0. The van der Waals surface area contributed by atoms with Gasteiger partial charge in [-0.1, -0.05) is 24.0 Å². The number of carboxylic acid groups (broad SMARTS) is 1. The van der Waals surface area contributed by atoms with E-state index in [0.717, 1.165) is 11.8 Å². The van der Waals surface area contributed by atoms with Crippen LogP contribution in [-0.2, 0) is 9.59 Å².